The smallest absolute Gasteiger partial charge is 0.135 e. The topological polar surface area (TPSA) is 45.9 Å². The second kappa shape index (κ2) is 10.6. The maximum Gasteiger partial charge on any atom is 0.135 e. The molecule has 8 aromatic carbocycles. The predicted molar refractivity (Wildman–Crippen MR) is 201 cm³/mol. The van der Waals surface area contributed by atoms with Crippen molar-refractivity contribution in [3.05, 3.63) is 163 Å². The molecule has 0 atom stereocenters. The van der Waals surface area contributed by atoms with Crippen molar-refractivity contribution in [3.8, 4) is 62.3 Å². The molecule has 0 radical (unpaired) electrons. The first-order valence-electron chi connectivity index (χ1n) is 16.4. The molecule has 3 heteroatoms. The van der Waals surface area contributed by atoms with E-state index >= 15 is 0 Å². The van der Waals surface area contributed by atoms with Gasteiger partial charge in [-0.15, -0.1) is 0 Å². The average molecular weight is 623 g/mol. The maximum atomic E-state index is 9.73. The van der Waals surface area contributed by atoms with Crippen molar-refractivity contribution < 1.29 is 4.74 Å². The van der Waals surface area contributed by atoms with Crippen molar-refractivity contribution in [2.75, 3.05) is 0 Å². The highest BCUT2D eigenvalue weighted by atomic mass is 16.5. The number of ether oxygens (including phenoxy) is 1. The van der Waals surface area contributed by atoms with Crippen LogP contribution < -0.4 is 4.74 Å². The van der Waals surface area contributed by atoms with Gasteiger partial charge in [0.25, 0.3) is 0 Å². The third-order valence-electron chi connectivity index (χ3n) is 9.90. The van der Waals surface area contributed by atoms with Gasteiger partial charge < -0.3 is 4.74 Å². The highest BCUT2D eigenvalue weighted by molar-refractivity contribution is 6.23. The molecule has 0 aliphatic carbocycles. The molecule has 0 N–H and O–H groups in total. The molecule has 0 unspecified atom stereocenters. The molecule has 49 heavy (non-hydrogen) atoms. The first-order chi connectivity index (χ1) is 24.2. The van der Waals surface area contributed by atoms with Crippen molar-refractivity contribution in [3.63, 3.8) is 0 Å². The molecular formula is C46H26N2O. The van der Waals surface area contributed by atoms with Gasteiger partial charge in [-0.1, -0.05) is 109 Å². The fourth-order valence-electron chi connectivity index (χ4n) is 7.65. The molecule has 9 aromatic rings. The van der Waals surface area contributed by atoms with Gasteiger partial charge in [0.2, 0.25) is 0 Å². The number of benzene rings is 8. The monoisotopic (exact) mass is 622 g/mol. The summed E-state index contributed by atoms with van der Waals surface area (Å²) in [7, 11) is 0. The average Bonchev–Trinajstić information content (AvgIpc) is 3.17. The van der Waals surface area contributed by atoms with Gasteiger partial charge in [0.05, 0.1) is 23.0 Å². The third-order valence-corrected chi connectivity index (χ3v) is 9.90. The number of aromatic nitrogens is 1. The quantitative estimate of drug-likeness (QED) is 0.184. The molecule has 226 valence electrons. The third kappa shape index (κ3) is 4.18. The van der Waals surface area contributed by atoms with E-state index < -0.39 is 0 Å². The van der Waals surface area contributed by atoms with Crippen LogP contribution in [0.4, 0.5) is 0 Å². The van der Waals surface area contributed by atoms with E-state index in [4.69, 9.17) is 9.72 Å². The Bertz CT molecular complexity index is 2870. The molecule has 0 fully saturated rings. The Morgan fingerprint density at radius 2 is 1.04 bits per heavy atom. The Kier molecular flexibility index (Phi) is 5.94. The molecule has 2 heterocycles. The van der Waals surface area contributed by atoms with Gasteiger partial charge in [0.1, 0.15) is 11.5 Å². The van der Waals surface area contributed by atoms with Gasteiger partial charge in [0.15, 0.2) is 0 Å². The number of nitrogens with zero attached hydrogens (tertiary/aromatic N) is 2. The summed E-state index contributed by atoms with van der Waals surface area (Å²) in [5, 5.41) is 18.8. The van der Waals surface area contributed by atoms with Gasteiger partial charge >= 0.3 is 0 Å². The van der Waals surface area contributed by atoms with Crippen molar-refractivity contribution in [1.29, 1.82) is 5.26 Å². The zero-order chi connectivity index (χ0) is 32.5. The van der Waals surface area contributed by atoms with Crippen molar-refractivity contribution >= 4 is 43.1 Å². The number of pyridine rings is 1. The summed E-state index contributed by atoms with van der Waals surface area (Å²) in [4.78, 5) is 5.17. The van der Waals surface area contributed by atoms with Crippen LogP contribution in [0.15, 0.2) is 158 Å². The summed E-state index contributed by atoms with van der Waals surface area (Å²) < 4.78 is 6.57. The van der Waals surface area contributed by atoms with E-state index in [-0.39, 0.29) is 0 Å². The van der Waals surface area contributed by atoms with Crippen LogP contribution in [-0.2, 0) is 0 Å². The van der Waals surface area contributed by atoms with Crippen molar-refractivity contribution in [2.45, 2.75) is 0 Å². The molecular weight excluding hydrogens is 597 g/mol. The van der Waals surface area contributed by atoms with E-state index in [9.17, 15) is 5.26 Å². The van der Waals surface area contributed by atoms with E-state index in [2.05, 4.69) is 127 Å². The van der Waals surface area contributed by atoms with Crippen LogP contribution in [0.5, 0.6) is 11.5 Å². The number of rotatable bonds is 3. The van der Waals surface area contributed by atoms with Crippen LogP contribution in [0.25, 0.3) is 87.9 Å². The molecule has 0 saturated heterocycles. The van der Waals surface area contributed by atoms with Crippen molar-refractivity contribution in [1.82, 2.24) is 4.98 Å². The first kappa shape index (κ1) is 27.4. The van der Waals surface area contributed by atoms with E-state index in [1.807, 2.05) is 36.4 Å². The number of hydrogen-bond donors (Lipinski definition) is 0. The summed E-state index contributed by atoms with van der Waals surface area (Å²) in [6, 6.07) is 57.4. The minimum atomic E-state index is 0.655. The maximum absolute atomic E-state index is 9.73. The lowest BCUT2D eigenvalue weighted by atomic mass is 9.87. The normalized spacial score (nSPS) is 11.8. The summed E-state index contributed by atoms with van der Waals surface area (Å²) >= 11 is 0. The first-order valence-corrected chi connectivity index (χ1v) is 16.4. The highest BCUT2D eigenvalue weighted by Crippen LogP contribution is 2.49. The predicted octanol–water partition coefficient (Wildman–Crippen LogP) is 12.3. The van der Waals surface area contributed by atoms with Gasteiger partial charge in [-0.2, -0.15) is 5.26 Å². The lowest BCUT2D eigenvalue weighted by molar-refractivity contribution is 0.487. The summed E-state index contributed by atoms with van der Waals surface area (Å²) in [6.45, 7) is 0. The Labute approximate surface area is 282 Å². The van der Waals surface area contributed by atoms with Crippen LogP contribution in [0.1, 0.15) is 5.56 Å². The van der Waals surface area contributed by atoms with Crippen LogP contribution in [0.2, 0.25) is 0 Å². The Balaban J connectivity index is 1.19. The molecule has 3 nitrogen and oxygen atoms in total. The van der Waals surface area contributed by atoms with Gasteiger partial charge in [-0.3, -0.25) is 0 Å². The Hall–Kier alpha value is -6.76. The highest BCUT2D eigenvalue weighted by Gasteiger charge is 2.23. The minimum Gasteiger partial charge on any atom is -0.456 e. The second-order valence-corrected chi connectivity index (χ2v) is 12.6. The fraction of sp³-hybridized carbons (Fsp3) is 0. The zero-order valence-corrected chi connectivity index (χ0v) is 26.3. The van der Waals surface area contributed by atoms with Crippen LogP contribution >= 0.6 is 0 Å². The number of nitriles is 1. The molecule has 0 spiro atoms. The van der Waals surface area contributed by atoms with Crippen LogP contribution in [-0.4, -0.2) is 4.98 Å². The summed E-state index contributed by atoms with van der Waals surface area (Å²) in [6.07, 6.45) is 0. The molecule has 0 amide bonds. The van der Waals surface area contributed by atoms with Gasteiger partial charge in [0, 0.05) is 27.5 Å². The molecule has 1 aliphatic heterocycles. The SMILES string of the molecule is N#Cc1ccc2c3c(cccc13)Oc1cc(-c3cc4c5ccccc5c(-c5cccc(-c6ccccc6)n5)cc4c4ccccc34)ccc1-2. The zero-order valence-electron chi connectivity index (χ0n) is 26.3. The van der Waals surface area contributed by atoms with E-state index in [0.717, 1.165) is 67.0 Å². The Morgan fingerprint density at radius 3 is 1.82 bits per heavy atom. The summed E-state index contributed by atoms with van der Waals surface area (Å²) in [5.41, 5.74) is 9.15. The second-order valence-electron chi connectivity index (χ2n) is 12.6. The standard InChI is InChI=1S/C46H26N2O/c47-27-30-21-23-37-36-22-20-29(24-45(36)49-44-19-8-16-31(30)46(37)44)38-25-39-34-14-6-7-15-35(34)41(26-40(39)33-13-5-4-12-32(33)38)43-18-9-17-42(48-43)28-10-2-1-3-11-28/h1-26H. The lowest BCUT2D eigenvalue weighted by Crippen LogP contribution is -1.98. The van der Waals surface area contributed by atoms with Gasteiger partial charge in [-0.05, 0) is 97.5 Å². The lowest BCUT2D eigenvalue weighted by Gasteiger charge is -2.23. The van der Waals surface area contributed by atoms with E-state index in [1.165, 1.54) is 32.3 Å². The molecule has 0 bridgehead atoms. The molecule has 0 saturated carbocycles. The largest absolute Gasteiger partial charge is 0.456 e. The van der Waals surface area contributed by atoms with Gasteiger partial charge in [-0.25, -0.2) is 4.98 Å². The molecule has 1 aliphatic rings. The molecule has 1 aromatic heterocycles. The van der Waals surface area contributed by atoms with E-state index in [1.54, 1.807) is 0 Å². The fourth-order valence-corrected chi connectivity index (χ4v) is 7.65. The Morgan fingerprint density at radius 1 is 0.408 bits per heavy atom. The van der Waals surface area contributed by atoms with Crippen molar-refractivity contribution in [2.24, 2.45) is 0 Å². The van der Waals surface area contributed by atoms with E-state index in [0.29, 0.717) is 5.56 Å². The van der Waals surface area contributed by atoms with Crippen LogP contribution in [0, 0.1) is 11.3 Å². The summed E-state index contributed by atoms with van der Waals surface area (Å²) in [5.74, 6) is 1.59. The number of fused-ring (bicyclic) bond motifs is 7. The molecule has 10 rings (SSSR count). The number of hydrogen-bond acceptors (Lipinski definition) is 3. The van der Waals surface area contributed by atoms with Crippen LogP contribution in [0.3, 0.4) is 0 Å². The minimum absolute atomic E-state index is 0.655.